The molecule has 0 saturated carbocycles. The van der Waals surface area contributed by atoms with Gasteiger partial charge in [-0.1, -0.05) is 109 Å². The van der Waals surface area contributed by atoms with Crippen molar-refractivity contribution in [2.45, 2.75) is 96.3 Å². The van der Waals surface area contributed by atoms with Gasteiger partial charge in [0.15, 0.2) is 16.2 Å². The van der Waals surface area contributed by atoms with E-state index in [0.717, 1.165) is 111 Å². The maximum atomic E-state index is 8.13. The molecule has 456 valence electrons. The van der Waals surface area contributed by atoms with Crippen molar-refractivity contribution < 1.29 is 43.4 Å². The number of benzene rings is 3. The van der Waals surface area contributed by atoms with Gasteiger partial charge in [-0.2, -0.15) is 0 Å². The molecule has 0 fully saturated rings. The van der Waals surface area contributed by atoms with Gasteiger partial charge < -0.3 is 13.3 Å². The lowest BCUT2D eigenvalue weighted by molar-refractivity contribution is -0.658. The Morgan fingerprint density at radius 2 is 0.761 bits per heavy atom. The summed E-state index contributed by atoms with van der Waals surface area (Å²) in [5.41, 5.74) is 16.1. The van der Waals surface area contributed by atoms with Crippen LogP contribution in [0.1, 0.15) is 82.1 Å². The highest BCUT2D eigenvalue weighted by Crippen LogP contribution is 2.32. The van der Waals surface area contributed by atoms with E-state index >= 15 is 0 Å². The highest BCUT2D eigenvalue weighted by molar-refractivity contribution is 6.78. The smallest absolute Gasteiger partial charge is 0.402 e. The van der Waals surface area contributed by atoms with E-state index in [9.17, 15) is 0 Å². The molecule has 0 spiro atoms. The van der Waals surface area contributed by atoms with Gasteiger partial charge in [0.05, 0.1) is 55.9 Å². The van der Waals surface area contributed by atoms with E-state index < -0.39 is 27.4 Å². The molecule has 3 aliphatic rings. The maximum absolute atomic E-state index is 8.13. The van der Waals surface area contributed by atoms with Crippen LogP contribution in [0.25, 0.3) is 102 Å². The Morgan fingerprint density at radius 3 is 1.17 bits per heavy atom. The second-order valence-corrected chi connectivity index (χ2v) is 24.5. The van der Waals surface area contributed by atoms with E-state index in [1.165, 1.54) is 16.7 Å². The molecule has 0 unspecified atom stereocenters. The van der Waals surface area contributed by atoms with E-state index in [-0.39, 0.29) is 43.2 Å². The third kappa shape index (κ3) is 10.8. The number of nitrogens with zero attached hydrogens (tertiary/aromatic N) is 9. The SMILES string of the molecule is [2H]C([2H])([2H])c1cc(C)c2c3c(oc2n1)=C(C)N(c1cc(-c2ccccc2)c(C([2H])([2H])[2H])c[n+]1C)B(C)C=3.[2H]C([2H])([2H])c1cc(C)c2c3c(oc2n1)=C(C)N(c1cc(-c2ccccc2)cc[n+]1C)B(C)C=3.[2H]C([2H])([2H])c1cc(C)c2c3c(oc2n1)=C(C)N(c1cc(C)c(-c2ccccc2)c[n+]1C)B(C)C=3. The quantitative estimate of drug-likeness (QED) is 0.119. The first-order valence-corrected chi connectivity index (χ1v) is 31.0. The summed E-state index contributed by atoms with van der Waals surface area (Å²) in [7, 11) is 5.93. The first-order chi connectivity index (χ1) is 49.0. The summed E-state index contributed by atoms with van der Waals surface area (Å²) in [4.78, 5) is 19.6. The summed E-state index contributed by atoms with van der Waals surface area (Å²) < 4.78 is 119. The molecule has 12 aromatic rings. The van der Waals surface area contributed by atoms with Gasteiger partial charge in [0.1, 0.15) is 17.1 Å². The van der Waals surface area contributed by atoms with Gasteiger partial charge in [-0.15, -0.1) is 0 Å². The Bertz CT molecular complexity index is 5860. The maximum Gasteiger partial charge on any atom is 0.402 e. The Hall–Kier alpha value is -10.0. The monoisotopic (exact) mass is 1220 g/mol. The van der Waals surface area contributed by atoms with Crippen LogP contribution in [0.3, 0.4) is 0 Å². The largest absolute Gasteiger partial charge is 0.434 e. The zero-order chi connectivity index (χ0) is 74.7. The molecule has 12 nitrogen and oxygen atoms in total. The zero-order valence-electron chi connectivity index (χ0n) is 66.1. The Labute approximate surface area is 556 Å². The van der Waals surface area contributed by atoms with Gasteiger partial charge in [0.25, 0.3) is 17.5 Å². The molecule has 3 aliphatic heterocycles. The van der Waals surface area contributed by atoms with Crippen LogP contribution in [-0.2, 0) is 21.1 Å². The fourth-order valence-corrected chi connectivity index (χ4v) is 13.8. The summed E-state index contributed by atoms with van der Waals surface area (Å²) in [5, 5.41) is 5.43. The molecule has 0 amide bonds. The molecule has 0 saturated heterocycles. The van der Waals surface area contributed by atoms with E-state index in [1.807, 2.05) is 121 Å². The predicted octanol–water partition coefficient (Wildman–Crippen LogP) is 11.2. The number of aryl methyl sites for hydroxylation is 11. The van der Waals surface area contributed by atoms with E-state index in [1.54, 1.807) is 24.4 Å². The van der Waals surface area contributed by atoms with Crippen LogP contribution in [0.4, 0.5) is 17.5 Å². The number of rotatable bonds is 6. The van der Waals surface area contributed by atoms with Crippen LogP contribution in [0, 0.1) is 55.1 Å². The minimum Gasteiger partial charge on any atom is -0.434 e. The van der Waals surface area contributed by atoms with Crippen molar-refractivity contribution in [1.29, 1.82) is 0 Å². The summed E-state index contributed by atoms with van der Waals surface area (Å²) >= 11 is 0. The van der Waals surface area contributed by atoms with Gasteiger partial charge in [-0.05, 0) is 176 Å². The zero-order valence-corrected chi connectivity index (χ0v) is 54.1. The molecule has 15 heteroatoms. The summed E-state index contributed by atoms with van der Waals surface area (Å²) in [6.45, 7) is 11.1. The highest BCUT2D eigenvalue weighted by Gasteiger charge is 2.38. The fourth-order valence-electron chi connectivity index (χ4n) is 13.8. The molecule has 0 aliphatic carbocycles. The van der Waals surface area contributed by atoms with Crippen LogP contribution in [-0.4, -0.2) is 35.5 Å². The highest BCUT2D eigenvalue weighted by atomic mass is 16.3. The first kappa shape index (κ1) is 47.9. The Kier molecular flexibility index (Phi) is 12.5. The van der Waals surface area contributed by atoms with Crippen molar-refractivity contribution in [2.24, 2.45) is 21.1 Å². The number of furan rings is 3. The number of aromatic nitrogens is 6. The van der Waals surface area contributed by atoms with Crippen molar-refractivity contribution in [2.75, 3.05) is 14.4 Å². The van der Waals surface area contributed by atoms with Crippen LogP contribution >= 0.6 is 0 Å². The van der Waals surface area contributed by atoms with Crippen LogP contribution < -0.4 is 60.0 Å². The lowest BCUT2D eigenvalue weighted by Crippen LogP contribution is -2.50. The minimum absolute atomic E-state index is 0.00492. The summed E-state index contributed by atoms with van der Waals surface area (Å²) in [5.74, 6) is 9.32. The number of hydrogen-bond donors (Lipinski definition) is 0. The summed E-state index contributed by atoms with van der Waals surface area (Å²) in [6, 6.07) is 43.5. The lowest BCUT2D eigenvalue weighted by Gasteiger charge is -2.24. The topological polar surface area (TPSA) is 99.5 Å². The molecule has 0 bridgehead atoms. The van der Waals surface area contributed by atoms with Gasteiger partial charge >= 0.3 is 20.5 Å². The molecule has 12 heterocycles. The molecular formula is C77H79B3N9O3+3. The average Bonchev–Trinajstić information content (AvgIpc) is 1.70. The van der Waals surface area contributed by atoms with Crippen molar-refractivity contribution in [3.05, 3.63) is 229 Å². The number of anilines is 3. The molecule has 0 atom stereocenters. The first-order valence-electron chi connectivity index (χ1n) is 37.0. The Morgan fingerprint density at radius 1 is 0.380 bits per heavy atom. The molecular weight excluding hydrogens is 1130 g/mol. The lowest BCUT2D eigenvalue weighted by atomic mass is 9.60. The van der Waals surface area contributed by atoms with Gasteiger partial charge in [0, 0.05) is 72.9 Å². The molecule has 9 aromatic heterocycles. The number of pyridine rings is 6. The molecule has 15 rings (SSSR count). The van der Waals surface area contributed by atoms with Crippen molar-refractivity contribution in [3.63, 3.8) is 0 Å². The van der Waals surface area contributed by atoms with Gasteiger partial charge in [-0.25, -0.2) is 28.7 Å². The van der Waals surface area contributed by atoms with Gasteiger partial charge in [-0.3, -0.25) is 14.4 Å². The van der Waals surface area contributed by atoms with Gasteiger partial charge in [0.2, 0.25) is 17.1 Å². The second-order valence-electron chi connectivity index (χ2n) is 24.5. The molecule has 0 N–H and O–H groups in total. The van der Waals surface area contributed by atoms with Crippen molar-refractivity contribution in [3.8, 4) is 33.4 Å². The van der Waals surface area contributed by atoms with Crippen LogP contribution in [0.15, 0.2) is 165 Å². The molecule has 0 radical (unpaired) electrons. The second kappa shape index (κ2) is 24.0. The third-order valence-corrected chi connectivity index (χ3v) is 18.0. The Balaban J connectivity index is 0.000000139. The van der Waals surface area contributed by atoms with Crippen LogP contribution in [0.5, 0.6) is 0 Å². The number of hydrogen-bond acceptors (Lipinski definition) is 9. The van der Waals surface area contributed by atoms with E-state index in [2.05, 4.69) is 158 Å². The third-order valence-electron chi connectivity index (χ3n) is 18.0. The normalized spacial score (nSPS) is 16.0. The standard InChI is InChI=1S/2C26H27BN3O.C25H25BN3O/c1-16-13-23(29(6)15-22(16)20-10-8-7-9-11-20)30-19(4)25-21(14-27(30)5)24-17(2)12-18(3)28-26(24)31-25;1-16-12-18(3)28-26-24(16)22-14-27(5)30(19(4)25(22)31-26)23-13-21(17(2)15-29(23)6)20-10-8-7-9-11-20;1-16-13-17(2)27-25-23(16)21-15-26(4)29(18(3)24(21)30-25)22-14-20(11-12-28(22)5)19-9-7-6-8-10-19/h2*7-15H,1-6H3;6-15H,1-5H3/q3*+1/i3D3;2D3,3D3;2D3. The van der Waals surface area contributed by atoms with Crippen molar-refractivity contribution in [1.82, 2.24) is 15.0 Å². The van der Waals surface area contributed by atoms with Crippen LogP contribution in [0.2, 0.25) is 20.5 Å². The van der Waals surface area contributed by atoms with E-state index in [4.69, 9.17) is 29.7 Å². The average molecular weight is 1220 g/mol. The predicted molar refractivity (Wildman–Crippen MR) is 380 cm³/mol. The van der Waals surface area contributed by atoms with Crippen molar-refractivity contribution >= 4 is 106 Å². The van der Waals surface area contributed by atoms with E-state index in [0.29, 0.717) is 28.1 Å². The number of fused-ring (bicyclic) bond motifs is 9. The fraction of sp³-hybridized carbons (Fsp3) is 0.221. The minimum atomic E-state index is -2.33. The molecule has 92 heavy (non-hydrogen) atoms. The summed E-state index contributed by atoms with van der Waals surface area (Å²) in [6.07, 6.45) is 5.91. The molecule has 3 aromatic carbocycles.